The molecular formula is C24H41N5O. The van der Waals surface area contributed by atoms with Crippen molar-refractivity contribution >= 4 is 5.96 Å². The van der Waals surface area contributed by atoms with Gasteiger partial charge in [-0.2, -0.15) is 0 Å². The van der Waals surface area contributed by atoms with Gasteiger partial charge in [-0.05, 0) is 45.0 Å². The predicted molar refractivity (Wildman–Crippen MR) is 125 cm³/mol. The second-order valence-electron chi connectivity index (χ2n) is 8.31. The van der Waals surface area contributed by atoms with Crippen molar-refractivity contribution in [2.45, 2.75) is 52.3 Å². The first-order valence-corrected chi connectivity index (χ1v) is 11.9. The summed E-state index contributed by atoms with van der Waals surface area (Å²) in [5.74, 6) is 1.05. The van der Waals surface area contributed by atoms with Gasteiger partial charge in [0.15, 0.2) is 5.96 Å². The summed E-state index contributed by atoms with van der Waals surface area (Å²) in [6, 6.07) is 11.2. The maximum Gasteiger partial charge on any atom is 0.194 e. The molecule has 2 aliphatic rings. The third-order valence-electron chi connectivity index (χ3n) is 6.32. The highest BCUT2D eigenvalue weighted by Gasteiger charge is 2.41. The van der Waals surface area contributed by atoms with Gasteiger partial charge >= 0.3 is 0 Å². The number of guanidine groups is 1. The van der Waals surface area contributed by atoms with Crippen LogP contribution in [0.3, 0.4) is 0 Å². The van der Waals surface area contributed by atoms with Crippen molar-refractivity contribution in [1.82, 2.24) is 20.0 Å². The Bertz CT molecular complexity index is 634. The predicted octanol–water partition coefficient (Wildman–Crippen LogP) is 2.66. The van der Waals surface area contributed by atoms with E-state index in [0.717, 1.165) is 71.3 Å². The van der Waals surface area contributed by atoms with Crippen LogP contribution in [0.15, 0.2) is 35.3 Å². The molecule has 0 spiro atoms. The van der Waals surface area contributed by atoms with Crippen LogP contribution in [-0.2, 0) is 11.3 Å². The number of likely N-dealkylation sites (tertiary alicyclic amines) is 1. The second kappa shape index (κ2) is 12.3. The number of nitrogens with zero attached hydrogens (tertiary/aromatic N) is 4. The first-order valence-electron chi connectivity index (χ1n) is 11.9. The van der Waals surface area contributed by atoms with Crippen LogP contribution in [0, 0.1) is 0 Å². The van der Waals surface area contributed by atoms with Gasteiger partial charge in [0.1, 0.15) is 0 Å². The molecule has 2 saturated heterocycles. The van der Waals surface area contributed by atoms with Crippen molar-refractivity contribution in [1.29, 1.82) is 0 Å². The summed E-state index contributed by atoms with van der Waals surface area (Å²) in [7, 11) is 0. The van der Waals surface area contributed by atoms with Gasteiger partial charge in [-0.15, -0.1) is 0 Å². The maximum absolute atomic E-state index is 6.15. The molecule has 1 N–H and O–H groups in total. The van der Waals surface area contributed by atoms with E-state index in [4.69, 9.17) is 9.73 Å². The smallest absolute Gasteiger partial charge is 0.194 e. The van der Waals surface area contributed by atoms with Gasteiger partial charge < -0.3 is 19.9 Å². The lowest BCUT2D eigenvalue weighted by Gasteiger charge is -2.36. The van der Waals surface area contributed by atoms with Crippen LogP contribution in [0.4, 0.5) is 0 Å². The van der Waals surface area contributed by atoms with E-state index in [-0.39, 0.29) is 6.10 Å². The molecule has 0 bridgehead atoms. The molecule has 2 heterocycles. The summed E-state index contributed by atoms with van der Waals surface area (Å²) < 4.78 is 6.15. The standard InChI is InChI=1S/C24H41N5O/c1-4-25-24(26-14-10-11-15-27(5-2)6-3)29-19-22-23(20-29)30-17-16-28(22)18-21-12-8-7-9-13-21/h7-9,12-13,22-23H,4-6,10-11,14-20H2,1-3H3,(H,25,26). The van der Waals surface area contributed by atoms with E-state index in [1.54, 1.807) is 0 Å². The van der Waals surface area contributed by atoms with Crippen LogP contribution in [-0.4, -0.2) is 91.8 Å². The third kappa shape index (κ3) is 6.43. The largest absolute Gasteiger partial charge is 0.373 e. The zero-order chi connectivity index (χ0) is 21.2. The van der Waals surface area contributed by atoms with E-state index in [0.29, 0.717) is 6.04 Å². The molecule has 2 aliphatic heterocycles. The summed E-state index contributed by atoms with van der Waals surface area (Å²) in [6.07, 6.45) is 2.63. The summed E-state index contributed by atoms with van der Waals surface area (Å²) in [6.45, 7) is 16.6. The van der Waals surface area contributed by atoms with E-state index >= 15 is 0 Å². The fourth-order valence-corrected chi connectivity index (χ4v) is 4.54. The summed E-state index contributed by atoms with van der Waals surface area (Å²) in [4.78, 5) is 12.4. The van der Waals surface area contributed by atoms with Gasteiger partial charge in [0.25, 0.3) is 0 Å². The average Bonchev–Trinajstić information content (AvgIpc) is 3.21. The molecule has 0 saturated carbocycles. The molecule has 2 fully saturated rings. The Morgan fingerprint density at radius 3 is 2.67 bits per heavy atom. The van der Waals surface area contributed by atoms with E-state index < -0.39 is 0 Å². The number of aliphatic imine (C=N–C) groups is 1. The molecular weight excluding hydrogens is 374 g/mol. The van der Waals surface area contributed by atoms with Crippen molar-refractivity contribution < 1.29 is 4.74 Å². The van der Waals surface area contributed by atoms with Crippen molar-refractivity contribution in [3.8, 4) is 0 Å². The molecule has 30 heavy (non-hydrogen) atoms. The molecule has 0 amide bonds. The molecule has 0 radical (unpaired) electrons. The van der Waals surface area contributed by atoms with E-state index in [2.05, 4.69) is 71.1 Å². The highest BCUT2D eigenvalue weighted by molar-refractivity contribution is 5.80. The number of unbranched alkanes of at least 4 members (excludes halogenated alkanes) is 1. The van der Waals surface area contributed by atoms with Crippen LogP contribution < -0.4 is 5.32 Å². The first-order chi connectivity index (χ1) is 14.7. The van der Waals surface area contributed by atoms with Crippen LogP contribution in [0.1, 0.15) is 39.2 Å². The Morgan fingerprint density at radius 1 is 1.13 bits per heavy atom. The fraction of sp³-hybridized carbons (Fsp3) is 0.708. The van der Waals surface area contributed by atoms with Gasteiger partial charge in [-0.1, -0.05) is 44.2 Å². The van der Waals surface area contributed by atoms with Crippen LogP contribution in [0.2, 0.25) is 0 Å². The van der Waals surface area contributed by atoms with Crippen LogP contribution in [0.25, 0.3) is 0 Å². The molecule has 1 aromatic rings. The van der Waals surface area contributed by atoms with Gasteiger partial charge in [-0.25, -0.2) is 0 Å². The maximum atomic E-state index is 6.15. The average molecular weight is 416 g/mol. The molecule has 0 aromatic heterocycles. The van der Waals surface area contributed by atoms with E-state index in [1.165, 1.54) is 18.5 Å². The lowest BCUT2D eigenvalue weighted by molar-refractivity contribution is -0.0502. The quantitative estimate of drug-likeness (QED) is 0.362. The van der Waals surface area contributed by atoms with E-state index in [1.807, 2.05) is 0 Å². The monoisotopic (exact) mass is 415 g/mol. The first kappa shape index (κ1) is 23.0. The molecule has 6 nitrogen and oxygen atoms in total. The molecule has 0 aliphatic carbocycles. The number of fused-ring (bicyclic) bond motifs is 1. The summed E-state index contributed by atoms with van der Waals surface area (Å²) >= 11 is 0. The number of morpholine rings is 1. The molecule has 2 atom stereocenters. The number of hydrogen-bond donors (Lipinski definition) is 1. The number of benzene rings is 1. The highest BCUT2D eigenvalue weighted by Crippen LogP contribution is 2.24. The zero-order valence-corrected chi connectivity index (χ0v) is 19.2. The Kier molecular flexibility index (Phi) is 9.43. The number of rotatable bonds is 10. The van der Waals surface area contributed by atoms with Gasteiger partial charge in [-0.3, -0.25) is 9.89 Å². The van der Waals surface area contributed by atoms with Gasteiger partial charge in [0.2, 0.25) is 0 Å². The molecule has 3 rings (SSSR count). The van der Waals surface area contributed by atoms with Crippen molar-refractivity contribution in [3.63, 3.8) is 0 Å². The third-order valence-corrected chi connectivity index (χ3v) is 6.32. The van der Waals surface area contributed by atoms with Gasteiger partial charge in [0.05, 0.1) is 18.8 Å². The zero-order valence-electron chi connectivity index (χ0n) is 19.2. The molecule has 168 valence electrons. The minimum Gasteiger partial charge on any atom is -0.373 e. The fourth-order valence-electron chi connectivity index (χ4n) is 4.54. The van der Waals surface area contributed by atoms with Crippen molar-refractivity contribution in [2.75, 3.05) is 59.0 Å². The Balaban J connectivity index is 1.54. The number of nitrogens with one attached hydrogen (secondary N) is 1. The van der Waals surface area contributed by atoms with Crippen LogP contribution >= 0.6 is 0 Å². The highest BCUT2D eigenvalue weighted by atomic mass is 16.5. The second-order valence-corrected chi connectivity index (χ2v) is 8.31. The minimum atomic E-state index is 0.272. The minimum absolute atomic E-state index is 0.272. The Morgan fingerprint density at radius 2 is 1.93 bits per heavy atom. The summed E-state index contributed by atoms with van der Waals surface area (Å²) in [5.41, 5.74) is 1.38. The topological polar surface area (TPSA) is 43.3 Å². The van der Waals surface area contributed by atoms with Crippen LogP contribution in [0.5, 0.6) is 0 Å². The Labute approximate surface area is 183 Å². The lowest BCUT2D eigenvalue weighted by Crippen LogP contribution is -2.50. The van der Waals surface area contributed by atoms with Crippen molar-refractivity contribution in [2.24, 2.45) is 4.99 Å². The molecule has 6 heteroatoms. The van der Waals surface area contributed by atoms with Crippen molar-refractivity contribution in [3.05, 3.63) is 35.9 Å². The number of hydrogen-bond acceptors (Lipinski definition) is 4. The SMILES string of the molecule is CCNC(=NCCCCN(CC)CC)N1CC2OCCN(Cc3ccccc3)C2C1. The Hall–Kier alpha value is -1.63. The lowest BCUT2D eigenvalue weighted by atomic mass is 10.1. The molecule has 1 aromatic carbocycles. The van der Waals surface area contributed by atoms with E-state index in [9.17, 15) is 0 Å². The van der Waals surface area contributed by atoms with Gasteiger partial charge in [0, 0.05) is 39.3 Å². The molecule has 2 unspecified atom stereocenters. The number of ether oxygens (including phenoxy) is 1. The summed E-state index contributed by atoms with van der Waals surface area (Å²) in [5, 5.41) is 3.51. The normalized spacial score (nSPS) is 22.5.